The van der Waals surface area contributed by atoms with Gasteiger partial charge in [0.05, 0.1) is 11.2 Å². The first-order chi connectivity index (χ1) is 8.91. The number of rotatable bonds is 3. The van der Waals surface area contributed by atoms with Crippen molar-refractivity contribution in [1.29, 1.82) is 0 Å². The van der Waals surface area contributed by atoms with Crippen LogP contribution in [-0.4, -0.2) is 62.0 Å². The molecular weight excluding hydrogens is 266 g/mol. The van der Waals surface area contributed by atoms with E-state index in [0.717, 1.165) is 25.7 Å². The molecule has 1 unspecified atom stereocenters. The zero-order chi connectivity index (χ0) is 14.0. The first kappa shape index (κ1) is 14.7. The summed E-state index contributed by atoms with van der Waals surface area (Å²) < 4.78 is 26.6. The molecule has 6 nitrogen and oxygen atoms in total. The van der Waals surface area contributed by atoms with E-state index in [1.54, 1.807) is 0 Å². The molecular formula is C12H23N3O3S. The highest BCUT2D eigenvalue weighted by Gasteiger charge is 2.37. The molecule has 19 heavy (non-hydrogen) atoms. The van der Waals surface area contributed by atoms with Crippen LogP contribution in [0.25, 0.3) is 0 Å². The third-order valence-electron chi connectivity index (χ3n) is 4.17. The molecule has 0 aromatic heterocycles. The SMILES string of the molecule is CN1CCN(S(=O)(=O)C2CCCC2)CC(C(N)=O)C1. The van der Waals surface area contributed by atoms with Crippen LogP contribution >= 0.6 is 0 Å². The fourth-order valence-corrected chi connectivity index (χ4v) is 5.03. The standard InChI is InChI=1S/C12H23N3O3S/c1-14-6-7-15(9-10(8-14)12(13)16)19(17,18)11-4-2-3-5-11/h10-11H,2-9H2,1H3,(H2,13,16). The Balaban J connectivity index is 2.15. The molecule has 1 saturated carbocycles. The second-order valence-corrected chi connectivity index (χ2v) is 7.88. The molecule has 0 aromatic carbocycles. The summed E-state index contributed by atoms with van der Waals surface area (Å²) in [6.07, 6.45) is 3.46. The average Bonchev–Trinajstić information content (AvgIpc) is 2.79. The van der Waals surface area contributed by atoms with Crippen molar-refractivity contribution in [1.82, 2.24) is 9.21 Å². The van der Waals surface area contributed by atoms with E-state index in [1.807, 2.05) is 11.9 Å². The van der Waals surface area contributed by atoms with E-state index in [9.17, 15) is 13.2 Å². The molecule has 1 saturated heterocycles. The first-order valence-electron chi connectivity index (χ1n) is 6.88. The van der Waals surface area contributed by atoms with Gasteiger partial charge >= 0.3 is 0 Å². The Bertz CT molecular complexity index is 432. The van der Waals surface area contributed by atoms with Gasteiger partial charge in [-0.3, -0.25) is 4.79 Å². The molecule has 2 N–H and O–H groups in total. The monoisotopic (exact) mass is 289 g/mol. The smallest absolute Gasteiger partial charge is 0.223 e. The van der Waals surface area contributed by atoms with Crippen LogP contribution in [0.2, 0.25) is 0 Å². The summed E-state index contributed by atoms with van der Waals surface area (Å²) in [6.45, 7) is 1.87. The van der Waals surface area contributed by atoms with Crippen LogP contribution < -0.4 is 5.73 Å². The van der Waals surface area contributed by atoms with Gasteiger partial charge in [-0.2, -0.15) is 4.31 Å². The van der Waals surface area contributed by atoms with Crippen molar-refractivity contribution in [3.63, 3.8) is 0 Å². The summed E-state index contributed by atoms with van der Waals surface area (Å²) in [5.41, 5.74) is 5.37. The summed E-state index contributed by atoms with van der Waals surface area (Å²) in [4.78, 5) is 13.4. The van der Waals surface area contributed by atoms with Crippen LogP contribution in [0.15, 0.2) is 0 Å². The average molecular weight is 289 g/mol. The Hall–Kier alpha value is -0.660. The molecule has 0 spiro atoms. The van der Waals surface area contributed by atoms with Gasteiger partial charge in [0, 0.05) is 26.2 Å². The van der Waals surface area contributed by atoms with Crippen molar-refractivity contribution in [3.8, 4) is 0 Å². The van der Waals surface area contributed by atoms with Crippen LogP contribution in [-0.2, 0) is 14.8 Å². The first-order valence-corrected chi connectivity index (χ1v) is 8.38. The molecule has 1 aliphatic heterocycles. The van der Waals surface area contributed by atoms with E-state index in [0.29, 0.717) is 19.6 Å². The van der Waals surface area contributed by atoms with E-state index in [1.165, 1.54) is 4.31 Å². The van der Waals surface area contributed by atoms with Crippen LogP contribution in [0.3, 0.4) is 0 Å². The van der Waals surface area contributed by atoms with Gasteiger partial charge in [0.1, 0.15) is 0 Å². The molecule has 2 fully saturated rings. The van der Waals surface area contributed by atoms with Crippen molar-refractivity contribution in [2.24, 2.45) is 11.7 Å². The van der Waals surface area contributed by atoms with E-state index < -0.39 is 21.8 Å². The lowest BCUT2D eigenvalue weighted by molar-refractivity contribution is -0.122. The minimum Gasteiger partial charge on any atom is -0.369 e. The molecule has 1 atom stereocenters. The largest absolute Gasteiger partial charge is 0.369 e. The number of sulfonamides is 1. The third kappa shape index (κ3) is 3.27. The van der Waals surface area contributed by atoms with Gasteiger partial charge in [0.25, 0.3) is 0 Å². The third-order valence-corrected chi connectivity index (χ3v) is 6.54. The normalized spacial score (nSPS) is 28.4. The molecule has 1 amide bonds. The minimum atomic E-state index is -3.28. The summed E-state index contributed by atoms with van der Waals surface area (Å²) in [5, 5.41) is -0.260. The van der Waals surface area contributed by atoms with Gasteiger partial charge in [0.15, 0.2) is 0 Å². The van der Waals surface area contributed by atoms with Crippen LogP contribution in [0.5, 0.6) is 0 Å². The topological polar surface area (TPSA) is 83.7 Å². The quantitative estimate of drug-likeness (QED) is 0.767. The molecule has 2 rings (SSSR count). The lowest BCUT2D eigenvalue weighted by Crippen LogP contribution is -2.43. The maximum absolute atomic E-state index is 12.6. The van der Waals surface area contributed by atoms with Gasteiger partial charge in [-0.25, -0.2) is 8.42 Å². The second-order valence-electron chi connectivity index (χ2n) is 5.67. The van der Waals surface area contributed by atoms with Crippen LogP contribution in [0.4, 0.5) is 0 Å². The number of likely N-dealkylation sites (N-methyl/N-ethyl adjacent to an activating group) is 1. The maximum Gasteiger partial charge on any atom is 0.223 e. The highest BCUT2D eigenvalue weighted by molar-refractivity contribution is 7.89. The Morgan fingerprint density at radius 1 is 1.16 bits per heavy atom. The zero-order valence-electron chi connectivity index (χ0n) is 11.4. The highest BCUT2D eigenvalue weighted by Crippen LogP contribution is 2.28. The van der Waals surface area contributed by atoms with Gasteiger partial charge < -0.3 is 10.6 Å². The number of carbonyl (C=O) groups is 1. The van der Waals surface area contributed by atoms with Crippen molar-refractivity contribution >= 4 is 15.9 Å². The Labute approximate surface area is 115 Å². The maximum atomic E-state index is 12.6. The second kappa shape index (κ2) is 5.76. The van der Waals surface area contributed by atoms with Gasteiger partial charge in [-0.05, 0) is 19.9 Å². The Kier molecular flexibility index (Phi) is 4.47. The summed E-state index contributed by atoms with van der Waals surface area (Å²) in [5.74, 6) is -0.830. The Morgan fingerprint density at radius 3 is 2.37 bits per heavy atom. The van der Waals surface area contributed by atoms with Crippen molar-refractivity contribution < 1.29 is 13.2 Å². The summed E-state index contributed by atoms with van der Waals surface area (Å²) in [7, 11) is -1.39. The molecule has 110 valence electrons. The van der Waals surface area contributed by atoms with Crippen molar-refractivity contribution in [2.45, 2.75) is 30.9 Å². The lowest BCUT2D eigenvalue weighted by Gasteiger charge is -2.25. The number of hydrogen-bond donors (Lipinski definition) is 1. The molecule has 7 heteroatoms. The van der Waals surface area contributed by atoms with Crippen LogP contribution in [0.1, 0.15) is 25.7 Å². The number of amides is 1. The predicted molar refractivity (Wildman–Crippen MR) is 72.9 cm³/mol. The number of nitrogens with zero attached hydrogens (tertiary/aromatic N) is 2. The summed E-state index contributed by atoms with van der Waals surface area (Å²) in [6, 6.07) is 0. The van der Waals surface area contributed by atoms with Gasteiger partial charge in [-0.1, -0.05) is 12.8 Å². The van der Waals surface area contributed by atoms with E-state index in [2.05, 4.69) is 0 Å². The van der Waals surface area contributed by atoms with E-state index in [-0.39, 0.29) is 11.8 Å². The van der Waals surface area contributed by atoms with Crippen molar-refractivity contribution in [3.05, 3.63) is 0 Å². The molecule has 0 aromatic rings. The van der Waals surface area contributed by atoms with Crippen LogP contribution in [0, 0.1) is 5.92 Å². The zero-order valence-corrected chi connectivity index (χ0v) is 12.2. The number of hydrogen-bond acceptors (Lipinski definition) is 4. The number of primary amides is 1. The van der Waals surface area contributed by atoms with Gasteiger partial charge in [0.2, 0.25) is 15.9 Å². The van der Waals surface area contributed by atoms with Crippen molar-refractivity contribution in [2.75, 3.05) is 33.2 Å². The molecule has 0 radical (unpaired) electrons. The van der Waals surface area contributed by atoms with E-state index >= 15 is 0 Å². The molecule has 1 heterocycles. The minimum absolute atomic E-state index is 0.235. The number of nitrogens with two attached hydrogens (primary N) is 1. The summed E-state index contributed by atoms with van der Waals surface area (Å²) >= 11 is 0. The Morgan fingerprint density at radius 2 is 1.79 bits per heavy atom. The van der Waals surface area contributed by atoms with Gasteiger partial charge in [-0.15, -0.1) is 0 Å². The lowest BCUT2D eigenvalue weighted by atomic mass is 10.1. The fraction of sp³-hybridized carbons (Fsp3) is 0.917. The fourth-order valence-electron chi connectivity index (χ4n) is 2.95. The molecule has 0 bridgehead atoms. The van der Waals surface area contributed by atoms with E-state index in [4.69, 9.17) is 5.73 Å². The predicted octanol–water partition coefficient (Wildman–Crippen LogP) is -0.392. The molecule has 2 aliphatic rings. The molecule has 1 aliphatic carbocycles. The number of carbonyl (C=O) groups excluding carboxylic acids is 1. The highest BCUT2D eigenvalue weighted by atomic mass is 32.2.